The van der Waals surface area contributed by atoms with Gasteiger partial charge < -0.3 is 4.52 Å². The molecule has 0 amide bonds. The van der Waals surface area contributed by atoms with Crippen molar-refractivity contribution in [2.24, 2.45) is 0 Å². The van der Waals surface area contributed by atoms with E-state index in [1.807, 2.05) is 0 Å². The number of aromatic nitrogens is 2. The van der Waals surface area contributed by atoms with E-state index in [-0.39, 0.29) is 12.1 Å². The molecule has 0 spiro atoms. The zero-order valence-electron chi connectivity index (χ0n) is 13.4. The first-order chi connectivity index (χ1) is 10.4. The molecule has 1 aliphatic heterocycles. The van der Waals surface area contributed by atoms with Crippen LogP contribution in [-0.4, -0.2) is 60.2 Å². The van der Waals surface area contributed by atoms with Gasteiger partial charge in [0, 0.05) is 32.1 Å². The van der Waals surface area contributed by atoms with E-state index in [0.29, 0.717) is 11.8 Å². The molecule has 2 aliphatic rings. The van der Waals surface area contributed by atoms with Crippen LogP contribution in [0.15, 0.2) is 4.52 Å². The second kappa shape index (κ2) is 5.90. The lowest BCUT2D eigenvalue weighted by atomic mass is 10.0. The first-order valence-corrected chi connectivity index (χ1v) is 9.71. The third-order valence-electron chi connectivity index (χ3n) is 4.84. The number of piperidine rings is 1. The lowest BCUT2D eigenvalue weighted by molar-refractivity contribution is 0.114. The Morgan fingerprint density at radius 2 is 1.91 bits per heavy atom. The van der Waals surface area contributed by atoms with Crippen molar-refractivity contribution in [3.8, 4) is 0 Å². The fourth-order valence-electron chi connectivity index (χ4n) is 2.99. The first kappa shape index (κ1) is 15.9. The van der Waals surface area contributed by atoms with Crippen LogP contribution in [0, 0.1) is 0 Å². The zero-order valence-corrected chi connectivity index (χ0v) is 14.2. The molecule has 0 bridgehead atoms. The van der Waals surface area contributed by atoms with Gasteiger partial charge in [-0.05, 0) is 32.6 Å². The van der Waals surface area contributed by atoms with Crippen molar-refractivity contribution >= 4 is 10.0 Å². The van der Waals surface area contributed by atoms with Gasteiger partial charge in [-0.1, -0.05) is 5.16 Å². The second-order valence-electron chi connectivity index (χ2n) is 6.49. The van der Waals surface area contributed by atoms with E-state index in [1.165, 1.54) is 10.6 Å². The van der Waals surface area contributed by atoms with Crippen LogP contribution in [0.25, 0.3) is 0 Å². The summed E-state index contributed by atoms with van der Waals surface area (Å²) in [5.74, 6) is 2.02. The largest absolute Gasteiger partial charge is 0.338 e. The average Bonchev–Trinajstić information content (AvgIpc) is 3.22. The van der Waals surface area contributed by atoms with Gasteiger partial charge in [0.15, 0.2) is 5.82 Å². The molecule has 3 rings (SSSR count). The van der Waals surface area contributed by atoms with Gasteiger partial charge in [-0.25, -0.2) is 12.7 Å². The molecule has 2 heterocycles. The van der Waals surface area contributed by atoms with Gasteiger partial charge in [0.25, 0.3) is 0 Å². The summed E-state index contributed by atoms with van der Waals surface area (Å²) in [6.07, 6.45) is 5.25. The molecular weight excluding hydrogens is 304 g/mol. The normalized spacial score (nSPS) is 23.1. The Balaban J connectivity index is 1.58. The highest BCUT2D eigenvalue weighted by molar-refractivity contribution is 7.88. The summed E-state index contributed by atoms with van der Waals surface area (Å²) in [4.78, 5) is 6.80. The molecule has 1 atom stereocenters. The minimum Gasteiger partial charge on any atom is -0.338 e. The predicted molar refractivity (Wildman–Crippen MR) is 81.9 cm³/mol. The van der Waals surface area contributed by atoms with Crippen molar-refractivity contribution in [2.75, 3.05) is 26.4 Å². The average molecular weight is 328 g/mol. The standard InChI is InChI=1S/C14H24N4O3S/c1-10(14-15-13(16-21-14)11-4-5-11)18-8-6-12(7-9-18)17(2)22(3,19)20/h10-12H,4-9H2,1-3H3. The SMILES string of the molecule is CC(c1nc(C2CC2)no1)N1CCC(N(C)S(C)(=O)=O)CC1. The molecule has 1 aliphatic carbocycles. The Labute approximate surface area is 131 Å². The van der Waals surface area contributed by atoms with Crippen LogP contribution >= 0.6 is 0 Å². The van der Waals surface area contributed by atoms with Gasteiger partial charge in [0.2, 0.25) is 15.9 Å². The minimum absolute atomic E-state index is 0.0863. The first-order valence-electron chi connectivity index (χ1n) is 7.87. The van der Waals surface area contributed by atoms with Crippen molar-refractivity contribution in [1.82, 2.24) is 19.3 Å². The lowest BCUT2D eigenvalue weighted by Crippen LogP contribution is -2.45. The summed E-state index contributed by atoms with van der Waals surface area (Å²) < 4.78 is 30.1. The molecule has 8 heteroatoms. The molecule has 1 saturated carbocycles. The Bertz CT molecular complexity index is 618. The van der Waals surface area contributed by atoms with Crippen molar-refractivity contribution in [3.63, 3.8) is 0 Å². The van der Waals surface area contributed by atoms with Crippen LogP contribution in [0.1, 0.15) is 56.3 Å². The van der Waals surface area contributed by atoms with E-state index >= 15 is 0 Å². The smallest absolute Gasteiger partial charge is 0.243 e. The fraction of sp³-hybridized carbons (Fsp3) is 0.857. The van der Waals surface area contributed by atoms with Crippen LogP contribution in [0.2, 0.25) is 0 Å². The lowest BCUT2D eigenvalue weighted by Gasteiger charge is -2.37. The molecule has 0 radical (unpaired) electrons. The highest BCUT2D eigenvalue weighted by Gasteiger charge is 2.33. The van der Waals surface area contributed by atoms with Crippen molar-refractivity contribution in [3.05, 3.63) is 11.7 Å². The molecule has 22 heavy (non-hydrogen) atoms. The van der Waals surface area contributed by atoms with Crippen LogP contribution < -0.4 is 0 Å². The highest BCUT2D eigenvalue weighted by atomic mass is 32.2. The summed E-state index contributed by atoms with van der Waals surface area (Å²) >= 11 is 0. The van der Waals surface area contributed by atoms with E-state index in [1.54, 1.807) is 7.05 Å². The minimum atomic E-state index is -3.12. The zero-order chi connectivity index (χ0) is 15.9. The number of rotatable bonds is 5. The number of hydrogen-bond acceptors (Lipinski definition) is 6. The van der Waals surface area contributed by atoms with Crippen molar-refractivity contribution < 1.29 is 12.9 Å². The highest BCUT2D eigenvalue weighted by Crippen LogP contribution is 2.38. The second-order valence-corrected chi connectivity index (χ2v) is 8.53. The van der Waals surface area contributed by atoms with Gasteiger partial charge in [-0.3, -0.25) is 4.90 Å². The summed E-state index contributed by atoms with van der Waals surface area (Å²) in [5, 5.41) is 4.07. The topological polar surface area (TPSA) is 79.5 Å². The van der Waals surface area contributed by atoms with Crippen LogP contribution in [0.3, 0.4) is 0 Å². The Hall–Kier alpha value is -0.990. The summed E-state index contributed by atoms with van der Waals surface area (Å²) in [5.41, 5.74) is 0. The molecule has 124 valence electrons. The van der Waals surface area contributed by atoms with Gasteiger partial charge in [-0.15, -0.1) is 0 Å². The van der Waals surface area contributed by atoms with E-state index in [0.717, 1.165) is 44.6 Å². The van der Waals surface area contributed by atoms with Gasteiger partial charge in [-0.2, -0.15) is 4.98 Å². The third kappa shape index (κ3) is 3.33. The monoisotopic (exact) mass is 328 g/mol. The molecule has 0 N–H and O–H groups in total. The fourth-order valence-corrected chi connectivity index (χ4v) is 3.74. The van der Waals surface area contributed by atoms with Crippen molar-refractivity contribution in [2.45, 2.75) is 50.6 Å². The molecular formula is C14H24N4O3S. The Morgan fingerprint density at radius 3 is 2.45 bits per heavy atom. The number of hydrogen-bond donors (Lipinski definition) is 0. The number of sulfonamides is 1. The van der Waals surface area contributed by atoms with Crippen LogP contribution in [-0.2, 0) is 10.0 Å². The molecule has 1 aromatic rings. The van der Waals surface area contributed by atoms with E-state index in [2.05, 4.69) is 22.0 Å². The summed E-state index contributed by atoms with van der Waals surface area (Å²) in [7, 11) is -1.45. The molecule has 1 saturated heterocycles. The number of likely N-dealkylation sites (tertiary alicyclic amines) is 1. The summed E-state index contributed by atoms with van der Waals surface area (Å²) in [6.45, 7) is 3.75. The van der Waals surface area contributed by atoms with Gasteiger partial charge in [0.05, 0.1) is 12.3 Å². The molecule has 1 aromatic heterocycles. The summed E-state index contributed by atoms with van der Waals surface area (Å²) in [6, 6.07) is 0.174. The van der Waals surface area contributed by atoms with E-state index < -0.39 is 10.0 Å². The van der Waals surface area contributed by atoms with Gasteiger partial charge in [0.1, 0.15) is 0 Å². The van der Waals surface area contributed by atoms with E-state index in [9.17, 15) is 8.42 Å². The maximum absolute atomic E-state index is 11.6. The quantitative estimate of drug-likeness (QED) is 0.812. The molecule has 1 unspecified atom stereocenters. The molecule has 7 nitrogen and oxygen atoms in total. The maximum atomic E-state index is 11.6. The Kier molecular flexibility index (Phi) is 4.26. The molecule has 2 fully saturated rings. The van der Waals surface area contributed by atoms with E-state index in [4.69, 9.17) is 4.52 Å². The predicted octanol–water partition coefficient (Wildman–Crippen LogP) is 1.36. The molecule has 0 aromatic carbocycles. The van der Waals surface area contributed by atoms with Crippen LogP contribution in [0.4, 0.5) is 0 Å². The number of nitrogens with zero attached hydrogens (tertiary/aromatic N) is 4. The maximum Gasteiger partial charge on any atom is 0.243 e. The van der Waals surface area contributed by atoms with Crippen LogP contribution in [0.5, 0.6) is 0 Å². The third-order valence-corrected chi connectivity index (χ3v) is 6.19. The van der Waals surface area contributed by atoms with Gasteiger partial charge >= 0.3 is 0 Å². The van der Waals surface area contributed by atoms with Crippen molar-refractivity contribution in [1.29, 1.82) is 0 Å². The Morgan fingerprint density at radius 1 is 1.27 bits per heavy atom.